The highest BCUT2D eigenvalue weighted by molar-refractivity contribution is 7.90. The van der Waals surface area contributed by atoms with Gasteiger partial charge in [-0.2, -0.15) is 0 Å². The molecule has 2 aromatic rings. The molecule has 1 amide bonds. The van der Waals surface area contributed by atoms with E-state index < -0.39 is 33.1 Å². The average molecular weight is 474 g/mol. The number of halogens is 3. The Labute approximate surface area is 182 Å². The molecule has 1 saturated heterocycles. The number of aromatic nitrogens is 1. The molecule has 1 fully saturated rings. The van der Waals surface area contributed by atoms with Crippen molar-refractivity contribution in [3.63, 3.8) is 0 Å². The minimum atomic E-state index is -4.99. The monoisotopic (exact) mass is 474 g/mol. The number of benzene rings is 1. The number of sulfonamides is 1. The molecule has 0 radical (unpaired) electrons. The lowest BCUT2D eigenvalue weighted by Gasteiger charge is -2.32. The molecule has 0 bridgehead atoms. The molecular weight excluding hydrogens is 453 g/mol. The van der Waals surface area contributed by atoms with Crippen LogP contribution in [-0.4, -0.2) is 74.0 Å². The predicted octanol–water partition coefficient (Wildman–Crippen LogP) is 2.35. The van der Waals surface area contributed by atoms with Gasteiger partial charge in [0, 0.05) is 44.5 Å². The van der Waals surface area contributed by atoms with E-state index >= 15 is 0 Å². The van der Waals surface area contributed by atoms with E-state index in [1.54, 1.807) is 6.07 Å². The Morgan fingerprint density at radius 1 is 1.19 bits per heavy atom. The molecule has 32 heavy (non-hydrogen) atoms. The Kier molecular flexibility index (Phi) is 6.91. The average Bonchev–Trinajstić information content (AvgIpc) is 2.68. The van der Waals surface area contributed by atoms with Gasteiger partial charge in [0.25, 0.3) is 10.0 Å². The summed E-state index contributed by atoms with van der Waals surface area (Å²) in [7, 11) is -2.54. The molecule has 2 N–H and O–H groups in total. The normalized spacial score (nSPS) is 16.0. The van der Waals surface area contributed by atoms with Gasteiger partial charge in [0.15, 0.2) is 0 Å². The maximum atomic E-state index is 12.6. The summed E-state index contributed by atoms with van der Waals surface area (Å²) in [6, 6.07) is 5.64. The summed E-state index contributed by atoms with van der Waals surface area (Å²) in [5, 5.41) is 8.80. The van der Waals surface area contributed by atoms with Gasteiger partial charge in [0.2, 0.25) is 0 Å². The summed E-state index contributed by atoms with van der Waals surface area (Å²) in [6.45, 7) is 4.21. The molecule has 0 saturated carbocycles. The summed E-state index contributed by atoms with van der Waals surface area (Å²) in [5.41, 5.74) is 0.659. The zero-order valence-corrected chi connectivity index (χ0v) is 17.8. The summed E-state index contributed by atoms with van der Waals surface area (Å²) >= 11 is 0. The second-order valence-corrected chi connectivity index (χ2v) is 8.90. The lowest BCUT2D eigenvalue weighted by atomic mass is 10.1. The number of likely N-dealkylation sites (N-methyl/N-ethyl adjacent to an activating group) is 1. The number of hydrogen-bond donors (Lipinski definition) is 2. The minimum Gasteiger partial charge on any atom is -0.464 e. The van der Waals surface area contributed by atoms with Crippen LogP contribution in [0.2, 0.25) is 0 Å². The van der Waals surface area contributed by atoms with Crippen LogP contribution in [0.1, 0.15) is 5.56 Å². The highest BCUT2D eigenvalue weighted by Gasteiger charge is 2.32. The SMILES string of the molecule is CN1CCN(Cc2ccc(-c3cc(OC(F)(F)F)ccc3S(=O)(=O)NC(=O)O)nc2)CC1. The second-order valence-electron chi connectivity index (χ2n) is 7.25. The fourth-order valence-corrected chi connectivity index (χ4v) is 4.29. The number of nitrogens with one attached hydrogen (secondary N) is 1. The van der Waals surface area contributed by atoms with Gasteiger partial charge in [0.05, 0.1) is 10.6 Å². The Balaban J connectivity index is 1.92. The number of pyridine rings is 1. The van der Waals surface area contributed by atoms with Crippen LogP contribution in [0.4, 0.5) is 18.0 Å². The zero-order chi connectivity index (χ0) is 23.5. The minimum absolute atomic E-state index is 0.0468. The van der Waals surface area contributed by atoms with Crippen LogP contribution in [0, 0.1) is 0 Å². The van der Waals surface area contributed by atoms with Crippen molar-refractivity contribution < 1.29 is 36.2 Å². The highest BCUT2D eigenvalue weighted by Crippen LogP contribution is 2.32. The molecular formula is C19H21F3N4O5S. The topological polar surface area (TPSA) is 112 Å². The van der Waals surface area contributed by atoms with Crippen molar-refractivity contribution in [3.8, 4) is 17.0 Å². The number of alkyl halides is 3. The van der Waals surface area contributed by atoms with Crippen LogP contribution in [0.25, 0.3) is 11.3 Å². The second kappa shape index (κ2) is 9.30. The molecule has 2 heterocycles. The third-order valence-corrected chi connectivity index (χ3v) is 6.18. The van der Waals surface area contributed by atoms with Gasteiger partial charge in [-0.1, -0.05) is 6.07 Å². The van der Waals surface area contributed by atoms with Gasteiger partial charge in [-0.15, -0.1) is 13.2 Å². The first kappa shape index (κ1) is 23.8. The Bertz CT molecular complexity index is 1070. The molecule has 1 aromatic carbocycles. The molecule has 174 valence electrons. The van der Waals surface area contributed by atoms with E-state index in [1.807, 2.05) is 7.05 Å². The third kappa shape index (κ3) is 6.31. The van der Waals surface area contributed by atoms with Crippen molar-refractivity contribution in [2.45, 2.75) is 17.8 Å². The van der Waals surface area contributed by atoms with Gasteiger partial charge in [0.1, 0.15) is 5.75 Å². The molecule has 1 aliphatic rings. The number of carboxylic acid groups (broad SMARTS) is 1. The lowest BCUT2D eigenvalue weighted by molar-refractivity contribution is -0.274. The maximum Gasteiger partial charge on any atom is 0.573 e. The predicted molar refractivity (Wildman–Crippen MR) is 107 cm³/mol. The van der Waals surface area contributed by atoms with Gasteiger partial charge >= 0.3 is 12.5 Å². The largest absolute Gasteiger partial charge is 0.573 e. The van der Waals surface area contributed by atoms with Gasteiger partial charge in [-0.3, -0.25) is 9.88 Å². The fourth-order valence-electron chi connectivity index (χ4n) is 3.25. The number of nitrogens with zero attached hydrogens (tertiary/aromatic N) is 3. The molecule has 1 aromatic heterocycles. The van der Waals surface area contributed by atoms with E-state index in [2.05, 4.69) is 19.5 Å². The number of piperazine rings is 1. The van der Waals surface area contributed by atoms with E-state index in [-0.39, 0.29) is 11.3 Å². The first-order chi connectivity index (χ1) is 14.9. The van der Waals surface area contributed by atoms with E-state index in [0.29, 0.717) is 6.54 Å². The Morgan fingerprint density at radius 3 is 2.44 bits per heavy atom. The number of ether oxygens (including phenoxy) is 1. The quantitative estimate of drug-likeness (QED) is 0.656. The van der Waals surface area contributed by atoms with Gasteiger partial charge in [-0.05, 0) is 36.9 Å². The lowest BCUT2D eigenvalue weighted by Crippen LogP contribution is -2.43. The molecule has 0 atom stereocenters. The van der Waals surface area contributed by atoms with Crippen molar-refractivity contribution >= 4 is 16.1 Å². The van der Waals surface area contributed by atoms with Gasteiger partial charge < -0.3 is 14.7 Å². The summed E-state index contributed by atoms with van der Waals surface area (Å²) in [4.78, 5) is 18.9. The van der Waals surface area contributed by atoms with Crippen molar-refractivity contribution in [2.24, 2.45) is 0 Å². The number of amides is 1. The molecule has 3 rings (SSSR count). The van der Waals surface area contributed by atoms with E-state index in [0.717, 1.165) is 49.9 Å². The van der Waals surface area contributed by atoms with Crippen molar-refractivity contribution in [3.05, 3.63) is 42.1 Å². The van der Waals surface area contributed by atoms with Crippen LogP contribution in [-0.2, 0) is 16.6 Å². The van der Waals surface area contributed by atoms with Crippen molar-refractivity contribution in [2.75, 3.05) is 33.2 Å². The summed E-state index contributed by atoms with van der Waals surface area (Å²) in [5.74, 6) is -0.662. The summed E-state index contributed by atoms with van der Waals surface area (Å²) in [6.07, 6.45) is -5.31. The number of rotatable bonds is 6. The molecule has 9 nitrogen and oxygen atoms in total. The van der Waals surface area contributed by atoms with E-state index in [1.165, 1.54) is 17.0 Å². The van der Waals surface area contributed by atoms with Crippen LogP contribution in [0.15, 0.2) is 41.4 Å². The highest BCUT2D eigenvalue weighted by atomic mass is 32.2. The molecule has 1 aliphatic heterocycles. The van der Waals surface area contributed by atoms with Gasteiger partial charge in [-0.25, -0.2) is 17.9 Å². The van der Waals surface area contributed by atoms with E-state index in [9.17, 15) is 26.4 Å². The number of carbonyl (C=O) groups is 1. The Hall–Kier alpha value is -2.90. The van der Waals surface area contributed by atoms with E-state index in [4.69, 9.17) is 5.11 Å². The standard InChI is InChI=1S/C19H21F3N4O5S/c1-25-6-8-26(9-7-25)12-13-2-4-16(23-11-13)15-10-14(31-19(20,21)22)3-5-17(15)32(29,30)24-18(27)28/h2-5,10-11,24H,6-9,12H2,1H3,(H,27,28). The Morgan fingerprint density at radius 2 is 1.88 bits per heavy atom. The van der Waals surface area contributed by atoms with Crippen LogP contribution in [0.5, 0.6) is 5.75 Å². The first-order valence-corrected chi connectivity index (χ1v) is 10.9. The van der Waals surface area contributed by atoms with Crippen LogP contribution < -0.4 is 9.46 Å². The number of hydrogen-bond acceptors (Lipinski definition) is 7. The summed E-state index contributed by atoms with van der Waals surface area (Å²) < 4.78 is 67.9. The molecule has 0 aliphatic carbocycles. The zero-order valence-electron chi connectivity index (χ0n) is 17.0. The molecule has 0 unspecified atom stereocenters. The molecule has 0 spiro atoms. The third-order valence-electron chi connectivity index (χ3n) is 4.80. The van der Waals surface area contributed by atoms with Crippen LogP contribution in [0.3, 0.4) is 0 Å². The van der Waals surface area contributed by atoms with Crippen molar-refractivity contribution in [1.82, 2.24) is 19.5 Å². The van der Waals surface area contributed by atoms with Crippen LogP contribution >= 0.6 is 0 Å². The maximum absolute atomic E-state index is 12.6. The first-order valence-electron chi connectivity index (χ1n) is 9.45. The fraction of sp³-hybridized carbons (Fsp3) is 0.368. The smallest absolute Gasteiger partial charge is 0.464 e. The molecule has 13 heteroatoms. The van der Waals surface area contributed by atoms with Crippen molar-refractivity contribution in [1.29, 1.82) is 0 Å².